The van der Waals surface area contributed by atoms with Gasteiger partial charge in [-0.3, -0.25) is 9.59 Å². The maximum absolute atomic E-state index is 12.6. The van der Waals surface area contributed by atoms with Crippen molar-refractivity contribution in [3.05, 3.63) is 0 Å². The van der Waals surface area contributed by atoms with E-state index in [1.54, 1.807) is 0 Å². The highest BCUT2D eigenvalue weighted by atomic mass is 19.4. The highest BCUT2D eigenvalue weighted by Gasteiger charge is 2.46. The number of hydrogen-bond donors (Lipinski definition) is 0. The number of rotatable bonds is 1. The van der Waals surface area contributed by atoms with Crippen LogP contribution in [-0.4, -0.2) is 24.4 Å². The van der Waals surface area contributed by atoms with Crippen LogP contribution in [0.3, 0.4) is 0 Å². The van der Waals surface area contributed by atoms with Crippen LogP contribution in [-0.2, 0) is 19.1 Å². The van der Waals surface area contributed by atoms with Gasteiger partial charge in [0.1, 0.15) is 6.42 Å². The molecule has 0 spiro atoms. The van der Waals surface area contributed by atoms with Gasteiger partial charge in [-0.25, -0.2) is 0 Å². The summed E-state index contributed by atoms with van der Waals surface area (Å²) in [5.41, 5.74) is 0. The van der Waals surface area contributed by atoms with Crippen molar-refractivity contribution in [2.24, 2.45) is 11.8 Å². The lowest BCUT2D eigenvalue weighted by molar-refractivity contribution is -0.225. The number of alkyl halides is 3. The number of halogens is 3. The lowest BCUT2D eigenvalue weighted by atomic mass is 9.80. The molecule has 1 aliphatic heterocycles. The fraction of sp³-hybridized carbons (Fsp3) is 0.818. The molecular formula is C11H13F3O4. The summed E-state index contributed by atoms with van der Waals surface area (Å²) in [5, 5.41) is 0. The van der Waals surface area contributed by atoms with Crippen molar-refractivity contribution < 1.29 is 32.2 Å². The Labute approximate surface area is 101 Å². The molecule has 2 atom stereocenters. The summed E-state index contributed by atoms with van der Waals surface area (Å²) in [6.45, 7) is 0. The number of carbonyl (C=O) groups excluding carboxylic acids is 2. The van der Waals surface area contributed by atoms with Crippen LogP contribution in [0.1, 0.15) is 32.1 Å². The van der Waals surface area contributed by atoms with Crippen molar-refractivity contribution >= 4 is 11.9 Å². The van der Waals surface area contributed by atoms with Gasteiger partial charge in [-0.05, 0) is 19.3 Å². The molecule has 1 saturated carbocycles. The third-order valence-electron chi connectivity index (χ3n) is 3.35. The minimum Gasteiger partial charge on any atom is -0.424 e. The van der Waals surface area contributed by atoms with Gasteiger partial charge in [0.2, 0.25) is 6.29 Å². The molecule has 0 bridgehead atoms. The molecule has 18 heavy (non-hydrogen) atoms. The van der Waals surface area contributed by atoms with E-state index in [0.717, 1.165) is 0 Å². The molecule has 2 rings (SSSR count). The molecule has 0 aromatic carbocycles. The molecule has 1 aliphatic carbocycles. The van der Waals surface area contributed by atoms with Crippen LogP contribution in [0.15, 0.2) is 0 Å². The number of ether oxygens (including phenoxy) is 2. The van der Waals surface area contributed by atoms with Gasteiger partial charge in [0, 0.05) is 5.92 Å². The Morgan fingerprint density at radius 2 is 1.67 bits per heavy atom. The Kier molecular flexibility index (Phi) is 3.49. The average Bonchev–Trinajstić information content (AvgIpc) is 2.27. The number of cyclic esters (lactones) is 2. The number of hydrogen-bond acceptors (Lipinski definition) is 4. The summed E-state index contributed by atoms with van der Waals surface area (Å²) in [5.74, 6) is -3.43. The van der Waals surface area contributed by atoms with Crippen molar-refractivity contribution in [2.45, 2.75) is 44.6 Å². The Balaban J connectivity index is 2.00. The molecule has 1 heterocycles. The summed E-state index contributed by atoms with van der Waals surface area (Å²) in [4.78, 5) is 22.1. The lowest BCUT2D eigenvalue weighted by Crippen LogP contribution is -2.41. The van der Waals surface area contributed by atoms with E-state index >= 15 is 0 Å². The largest absolute Gasteiger partial charge is 0.424 e. The summed E-state index contributed by atoms with van der Waals surface area (Å²) in [6.07, 6.45) is -5.08. The maximum atomic E-state index is 12.6. The SMILES string of the molecule is O=C1CC(=O)OC(C2CCCC(C(F)(F)F)C2)O1. The van der Waals surface area contributed by atoms with Crippen LogP contribution in [0.2, 0.25) is 0 Å². The summed E-state index contributed by atoms with van der Waals surface area (Å²) in [6, 6.07) is 0. The topological polar surface area (TPSA) is 52.6 Å². The van der Waals surface area contributed by atoms with Gasteiger partial charge in [0.05, 0.1) is 5.92 Å². The molecule has 2 unspecified atom stereocenters. The monoisotopic (exact) mass is 266 g/mol. The van der Waals surface area contributed by atoms with Crippen LogP contribution in [0.25, 0.3) is 0 Å². The van der Waals surface area contributed by atoms with Gasteiger partial charge >= 0.3 is 18.1 Å². The second-order valence-electron chi connectivity index (χ2n) is 4.69. The van der Waals surface area contributed by atoms with E-state index in [4.69, 9.17) is 9.47 Å². The van der Waals surface area contributed by atoms with E-state index < -0.39 is 42.7 Å². The molecule has 1 saturated heterocycles. The fourth-order valence-electron chi connectivity index (χ4n) is 2.45. The first-order valence-electron chi connectivity index (χ1n) is 5.82. The summed E-state index contributed by atoms with van der Waals surface area (Å²) < 4.78 is 47.5. The third kappa shape index (κ3) is 2.94. The van der Waals surface area contributed by atoms with Gasteiger partial charge in [0.25, 0.3) is 0 Å². The average molecular weight is 266 g/mol. The minimum atomic E-state index is -4.25. The highest BCUT2D eigenvalue weighted by Crippen LogP contribution is 2.42. The zero-order chi connectivity index (χ0) is 13.3. The van der Waals surface area contributed by atoms with E-state index in [0.29, 0.717) is 12.8 Å². The van der Waals surface area contributed by atoms with Gasteiger partial charge in [-0.1, -0.05) is 6.42 Å². The van der Waals surface area contributed by atoms with Crippen LogP contribution >= 0.6 is 0 Å². The van der Waals surface area contributed by atoms with Crippen molar-refractivity contribution in [1.29, 1.82) is 0 Å². The fourth-order valence-corrected chi connectivity index (χ4v) is 2.45. The second kappa shape index (κ2) is 4.78. The molecule has 2 fully saturated rings. The lowest BCUT2D eigenvalue weighted by Gasteiger charge is -2.35. The predicted molar refractivity (Wildman–Crippen MR) is 52.1 cm³/mol. The molecule has 0 radical (unpaired) electrons. The van der Waals surface area contributed by atoms with Crippen LogP contribution in [0, 0.1) is 11.8 Å². The van der Waals surface area contributed by atoms with E-state index in [1.165, 1.54) is 0 Å². The molecule has 4 nitrogen and oxygen atoms in total. The molecule has 0 aromatic rings. The van der Waals surface area contributed by atoms with Crippen LogP contribution < -0.4 is 0 Å². The zero-order valence-corrected chi connectivity index (χ0v) is 9.53. The standard InChI is InChI=1S/C11H13F3O4/c12-11(13,14)7-3-1-2-6(4-7)10-17-8(15)5-9(16)18-10/h6-7,10H,1-5H2. The Morgan fingerprint density at radius 1 is 1.06 bits per heavy atom. The maximum Gasteiger partial charge on any atom is 0.391 e. The normalized spacial score (nSPS) is 30.8. The first-order valence-corrected chi connectivity index (χ1v) is 5.82. The summed E-state index contributed by atoms with van der Waals surface area (Å²) in [7, 11) is 0. The van der Waals surface area contributed by atoms with E-state index in [-0.39, 0.29) is 12.8 Å². The molecular weight excluding hydrogens is 253 g/mol. The van der Waals surface area contributed by atoms with Crippen molar-refractivity contribution in [3.8, 4) is 0 Å². The molecule has 0 aromatic heterocycles. The van der Waals surface area contributed by atoms with E-state index in [2.05, 4.69) is 0 Å². The van der Waals surface area contributed by atoms with Crippen LogP contribution in [0.4, 0.5) is 13.2 Å². The summed E-state index contributed by atoms with van der Waals surface area (Å²) >= 11 is 0. The minimum absolute atomic E-state index is 0.0780. The second-order valence-corrected chi connectivity index (χ2v) is 4.69. The Bertz CT molecular complexity index is 337. The van der Waals surface area contributed by atoms with Crippen molar-refractivity contribution in [1.82, 2.24) is 0 Å². The highest BCUT2D eigenvalue weighted by molar-refractivity contribution is 5.92. The number of carbonyl (C=O) groups is 2. The van der Waals surface area contributed by atoms with Crippen molar-refractivity contribution in [2.75, 3.05) is 0 Å². The Hall–Kier alpha value is -1.27. The van der Waals surface area contributed by atoms with Gasteiger partial charge < -0.3 is 9.47 Å². The van der Waals surface area contributed by atoms with Gasteiger partial charge in [0.15, 0.2) is 0 Å². The molecule has 2 aliphatic rings. The molecule has 102 valence electrons. The van der Waals surface area contributed by atoms with E-state index in [1.807, 2.05) is 0 Å². The zero-order valence-electron chi connectivity index (χ0n) is 9.53. The van der Waals surface area contributed by atoms with Gasteiger partial charge in [-0.15, -0.1) is 0 Å². The molecule has 7 heteroatoms. The number of esters is 2. The third-order valence-corrected chi connectivity index (χ3v) is 3.35. The van der Waals surface area contributed by atoms with Crippen LogP contribution in [0.5, 0.6) is 0 Å². The first-order chi connectivity index (χ1) is 8.36. The van der Waals surface area contributed by atoms with Gasteiger partial charge in [-0.2, -0.15) is 13.2 Å². The molecule has 0 N–H and O–H groups in total. The first kappa shape index (κ1) is 13.2. The van der Waals surface area contributed by atoms with Crippen molar-refractivity contribution in [3.63, 3.8) is 0 Å². The predicted octanol–water partition coefficient (Wildman–Crippen LogP) is 2.17. The molecule has 0 amide bonds. The smallest absolute Gasteiger partial charge is 0.391 e. The Morgan fingerprint density at radius 3 is 2.22 bits per heavy atom. The quantitative estimate of drug-likeness (QED) is 0.539. The van der Waals surface area contributed by atoms with E-state index in [9.17, 15) is 22.8 Å².